The lowest BCUT2D eigenvalue weighted by molar-refractivity contribution is -0.0348. The number of benzene rings is 1. The zero-order chi connectivity index (χ0) is 15.5. The highest BCUT2D eigenvalue weighted by molar-refractivity contribution is 6.31. The van der Waals surface area contributed by atoms with Gasteiger partial charge in [-0.25, -0.2) is 4.39 Å². The van der Waals surface area contributed by atoms with Gasteiger partial charge >= 0.3 is 0 Å². The van der Waals surface area contributed by atoms with Gasteiger partial charge in [0, 0.05) is 23.7 Å². The summed E-state index contributed by atoms with van der Waals surface area (Å²) in [7, 11) is 0. The Morgan fingerprint density at radius 1 is 1.27 bits per heavy atom. The minimum atomic E-state index is -0.353. The first-order valence-corrected chi connectivity index (χ1v) is 7.51. The van der Waals surface area contributed by atoms with Crippen molar-refractivity contribution in [2.24, 2.45) is 0 Å². The number of rotatable bonds is 4. The SMILES string of the molecule is OCc1ccc(CN2CCOC(c3ccc(F)cc3Cl)C2)o1. The number of ether oxygens (including phenoxy) is 1. The van der Waals surface area contributed by atoms with Crippen molar-refractivity contribution in [3.05, 3.63) is 58.3 Å². The van der Waals surface area contributed by atoms with Gasteiger partial charge < -0.3 is 14.3 Å². The molecular formula is C16H17ClFNO3. The van der Waals surface area contributed by atoms with Crippen LogP contribution in [0.4, 0.5) is 4.39 Å². The van der Waals surface area contributed by atoms with E-state index >= 15 is 0 Å². The van der Waals surface area contributed by atoms with E-state index in [1.807, 2.05) is 6.07 Å². The van der Waals surface area contributed by atoms with Crippen molar-refractivity contribution < 1.29 is 18.7 Å². The summed E-state index contributed by atoms with van der Waals surface area (Å²) >= 11 is 6.11. The van der Waals surface area contributed by atoms with Crippen LogP contribution < -0.4 is 0 Å². The molecule has 3 rings (SSSR count). The molecule has 0 spiro atoms. The molecule has 0 aliphatic carbocycles. The fraction of sp³-hybridized carbons (Fsp3) is 0.375. The first-order chi connectivity index (χ1) is 10.7. The van der Waals surface area contributed by atoms with E-state index in [2.05, 4.69) is 4.90 Å². The lowest BCUT2D eigenvalue weighted by atomic mass is 10.1. The predicted octanol–water partition coefficient (Wildman–Crippen LogP) is 3.14. The average molecular weight is 326 g/mol. The number of furan rings is 1. The molecule has 0 saturated carbocycles. The number of hydrogen-bond acceptors (Lipinski definition) is 4. The molecular weight excluding hydrogens is 309 g/mol. The first kappa shape index (κ1) is 15.5. The molecule has 118 valence electrons. The van der Waals surface area contributed by atoms with Gasteiger partial charge in [0.05, 0.1) is 19.3 Å². The van der Waals surface area contributed by atoms with E-state index in [4.69, 9.17) is 25.9 Å². The van der Waals surface area contributed by atoms with Gasteiger partial charge in [0.1, 0.15) is 23.9 Å². The summed E-state index contributed by atoms with van der Waals surface area (Å²) in [6.07, 6.45) is -0.186. The maximum atomic E-state index is 13.1. The molecule has 1 saturated heterocycles. The fourth-order valence-electron chi connectivity index (χ4n) is 2.61. The van der Waals surface area contributed by atoms with Gasteiger partial charge in [-0.3, -0.25) is 4.90 Å². The molecule has 0 bridgehead atoms. The van der Waals surface area contributed by atoms with Crippen LogP contribution in [0.3, 0.4) is 0 Å². The van der Waals surface area contributed by atoms with E-state index in [0.29, 0.717) is 30.5 Å². The molecule has 0 radical (unpaired) electrons. The largest absolute Gasteiger partial charge is 0.462 e. The Morgan fingerprint density at radius 2 is 2.09 bits per heavy atom. The Balaban J connectivity index is 1.68. The molecule has 2 heterocycles. The molecule has 1 atom stereocenters. The Bertz CT molecular complexity index is 646. The summed E-state index contributed by atoms with van der Waals surface area (Å²) in [6.45, 7) is 2.55. The summed E-state index contributed by atoms with van der Waals surface area (Å²) < 4.78 is 24.4. The lowest BCUT2D eigenvalue weighted by Gasteiger charge is -2.33. The third kappa shape index (κ3) is 3.50. The molecule has 1 aromatic carbocycles. The quantitative estimate of drug-likeness (QED) is 0.938. The van der Waals surface area contributed by atoms with E-state index in [0.717, 1.165) is 17.9 Å². The van der Waals surface area contributed by atoms with Crippen molar-refractivity contribution in [1.29, 1.82) is 0 Å². The molecule has 1 N–H and O–H groups in total. The van der Waals surface area contributed by atoms with Gasteiger partial charge in [0.2, 0.25) is 0 Å². The molecule has 1 aliphatic heterocycles. The second-order valence-corrected chi connectivity index (χ2v) is 5.69. The third-order valence-corrected chi connectivity index (χ3v) is 4.04. The maximum absolute atomic E-state index is 13.1. The third-order valence-electron chi connectivity index (χ3n) is 3.71. The van der Waals surface area contributed by atoms with E-state index in [9.17, 15) is 4.39 Å². The number of nitrogens with zero attached hydrogens (tertiary/aromatic N) is 1. The van der Waals surface area contributed by atoms with Crippen molar-refractivity contribution in [2.45, 2.75) is 19.3 Å². The second kappa shape index (κ2) is 6.79. The van der Waals surface area contributed by atoms with Crippen LogP contribution in [0.2, 0.25) is 5.02 Å². The van der Waals surface area contributed by atoms with E-state index in [1.165, 1.54) is 12.1 Å². The number of aliphatic hydroxyl groups is 1. The zero-order valence-corrected chi connectivity index (χ0v) is 12.7. The van der Waals surface area contributed by atoms with Crippen molar-refractivity contribution in [3.63, 3.8) is 0 Å². The molecule has 1 unspecified atom stereocenters. The molecule has 1 fully saturated rings. The predicted molar refractivity (Wildman–Crippen MR) is 80.0 cm³/mol. The minimum absolute atomic E-state index is 0.100. The number of morpholine rings is 1. The maximum Gasteiger partial charge on any atom is 0.129 e. The molecule has 1 aromatic heterocycles. The van der Waals surface area contributed by atoms with Crippen molar-refractivity contribution in [3.8, 4) is 0 Å². The Labute approximate surface area is 133 Å². The summed E-state index contributed by atoms with van der Waals surface area (Å²) in [5, 5.41) is 9.41. The summed E-state index contributed by atoms with van der Waals surface area (Å²) in [4.78, 5) is 2.19. The highest BCUT2D eigenvalue weighted by Gasteiger charge is 2.24. The molecule has 22 heavy (non-hydrogen) atoms. The summed E-state index contributed by atoms with van der Waals surface area (Å²) in [5.41, 5.74) is 0.795. The highest BCUT2D eigenvalue weighted by atomic mass is 35.5. The van der Waals surface area contributed by atoms with Crippen LogP contribution >= 0.6 is 11.6 Å². The fourth-order valence-corrected chi connectivity index (χ4v) is 2.90. The summed E-state index contributed by atoms with van der Waals surface area (Å²) in [5.74, 6) is 1.00. The van der Waals surface area contributed by atoms with Gasteiger partial charge in [0.25, 0.3) is 0 Å². The monoisotopic (exact) mass is 325 g/mol. The van der Waals surface area contributed by atoms with Crippen LogP contribution in [0.15, 0.2) is 34.7 Å². The molecule has 2 aromatic rings. The van der Waals surface area contributed by atoms with Crippen LogP contribution in [0, 0.1) is 5.82 Å². The van der Waals surface area contributed by atoms with E-state index < -0.39 is 0 Å². The van der Waals surface area contributed by atoms with Gasteiger partial charge in [-0.2, -0.15) is 0 Å². The van der Waals surface area contributed by atoms with Gasteiger partial charge in [-0.15, -0.1) is 0 Å². The smallest absolute Gasteiger partial charge is 0.129 e. The van der Waals surface area contributed by atoms with Gasteiger partial charge in [-0.1, -0.05) is 17.7 Å². The van der Waals surface area contributed by atoms with Gasteiger partial charge in [0.15, 0.2) is 0 Å². The van der Waals surface area contributed by atoms with Crippen LogP contribution in [0.25, 0.3) is 0 Å². The first-order valence-electron chi connectivity index (χ1n) is 7.13. The zero-order valence-electron chi connectivity index (χ0n) is 12.0. The number of aliphatic hydroxyl groups excluding tert-OH is 1. The topological polar surface area (TPSA) is 45.8 Å². The van der Waals surface area contributed by atoms with Gasteiger partial charge in [-0.05, 0) is 24.3 Å². The summed E-state index contributed by atoms with van der Waals surface area (Å²) in [6, 6.07) is 8.00. The Kier molecular flexibility index (Phi) is 4.78. The molecule has 4 nitrogen and oxygen atoms in total. The average Bonchev–Trinajstić information content (AvgIpc) is 2.95. The molecule has 1 aliphatic rings. The Morgan fingerprint density at radius 3 is 2.82 bits per heavy atom. The van der Waals surface area contributed by atoms with Crippen LogP contribution in [0.1, 0.15) is 23.2 Å². The lowest BCUT2D eigenvalue weighted by Crippen LogP contribution is -2.37. The Hall–Kier alpha value is -1.40. The van der Waals surface area contributed by atoms with E-state index in [1.54, 1.807) is 12.1 Å². The van der Waals surface area contributed by atoms with E-state index in [-0.39, 0.29) is 18.5 Å². The molecule has 6 heteroatoms. The van der Waals surface area contributed by atoms with Crippen LogP contribution in [0.5, 0.6) is 0 Å². The van der Waals surface area contributed by atoms with Crippen molar-refractivity contribution >= 4 is 11.6 Å². The second-order valence-electron chi connectivity index (χ2n) is 5.29. The van der Waals surface area contributed by atoms with Crippen LogP contribution in [-0.4, -0.2) is 29.7 Å². The normalized spacial score (nSPS) is 19.5. The number of hydrogen-bond donors (Lipinski definition) is 1. The highest BCUT2D eigenvalue weighted by Crippen LogP contribution is 2.29. The van der Waals surface area contributed by atoms with Crippen LogP contribution in [-0.2, 0) is 17.9 Å². The minimum Gasteiger partial charge on any atom is -0.462 e. The van der Waals surface area contributed by atoms with Crippen molar-refractivity contribution in [1.82, 2.24) is 4.90 Å². The molecule has 0 amide bonds. The van der Waals surface area contributed by atoms with Crippen molar-refractivity contribution in [2.75, 3.05) is 19.7 Å². The number of halogens is 2. The standard InChI is InChI=1S/C16H17ClFNO3/c17-15-7-11(18)1-4-14(15)16-9-19(5-6-21-16)8-12-2-3-13(10-20)22-12/h1-4,7,16,20H,5-6,8-10H2.